The van der Waals surface area contributed by atoms with Crippen molar-refractivity contribution >= 4 is 11.9 Å². The molecule has 2 aliphatic rings. The van der Waals surface area contributed by atoms with Crippen molar-refractivity contribution in [3.05, 3.63) is 29.9 Å². The highest BCUT2D eigenvalue weighted by atomic mass is 16.4. The van der Waals surface area contributed by atoms with Crippen LogP contribution in [0.1, 0.15) is 30.7 Å². The van der Waals surface area contributed by atoms with Gasteiger partial charge in [0.1, 0.15) is 6.04 Å². The van der Waals surface area contributed by atoms with Crippen molar-refractivity contribution in [1.82, 2.24) is 14.9 Å². The third-order valence-electron chi connectivity index (χ3n) is 4.05. The van der Waals surface area contributed by atoms with Crippen LogP contribution >= 0.6 is 0 Å². The molecule has 0 aromatic carbocycles. The predicted octanol–water partition coefficient (Wildman–Crippen LogP) is 1.10. The zero-order chi connectivity index (χ0) is 14.1. The standard InChI is InChI=1S/C14H17N3O3/c18-13(5-9-3-1-2-4-9)17-7-11-10(15-8-16-11)6-12(17)14(19)20/h1,3,8-9,12H,2,4-7H2,(H,15,16)(H,19,20). The van der Waals surface area contributed by atoms with E-state index >= 15 is 0 Å². The van der Waals surface area contributed by atoms with Crippen LogP contribution in [0.15, 0.2) is 18.5 Å². The van der Waals surface area contributed by atoms with Gasteiger partial charge in [-0.3, -0.25) is 4.79 Å². The molecule has 106 valence electrons. The summed E-state index contributed by atoms with van der Waals surface area (Å²) in [6.45, 7) is 0.307. The Morgan fingerprint density at radius 3 is 3.05 bits per heavy atom. The number of carbonyl (C=O) groups is 2. The second kappa shape index (κ2) is 5.11. The van der Waals surface area contributed by atoms with Crippen molar-refractivity contribution in [2.45, 2.75) is 38.3 Å². The van der Waals surface area contributed by atoms with E-state index in [9.17, 15) is 14.7 Å². The number of fused-ring (bicyclic) bond motifs is 1. The van der Waals surface area contributed by atoms with Crippen molar-refractivity contribution < 1.29 is 14.7 Å². The number of nitrogens with one attached hydrogen (secondary N) is 1. The van der Waals surface area contributed by atoms with Crippen molar-refractivity contribution in [2.24, 2.45) is 5.92 Å². The number of carbonyl (C=O) groups excluding carboxylic acids is 1. The number of imidazole rings is 1. The third kappa shape index (κ3) is 2.33. The Labute approximate surface area is 116 Å². The van der Waals surface area contributed by atoms with Gasteiger partial charge in [0, 0.05) is 12.8 Å². The lowest BCUT2D eigenvalue weighted by Crippen LogP contribution is -2.49. The molecular formula is C14H17N3O3. The van der Waals surface area contributed by atoms with Crippen molar-refractivity contribution in [3.8, 4) is 0 Å². The van der Waals surface area contributed by atoms with Crippen molar-refractivity contribution in [2.75, 3.05) is 0 Å². The van der Waals surface area contributed by atoms with Crippen molar-refractivity contribution in [1.29, 1.82) is 0 Å². The first-order valence-electron chi connectivity index (χ1n) is 6.85. The minimum Gasteiger partial charge on any atom is -0.480 e. The fourth-order valence-corrected chi connectivity index (χ4v) is 2.93. The van der Waals surface area contributed by atoms with E-state index in [1.54, 1.807) is 6.33 Å². The number of aromatic amines is 1. The van der Waals surface area contributed by atoms with Crippen LogP contribution in [0, 0.1) is 5.92 Å². The average molecular weight is 275 g/mol. The Kier molecular flexibility index (Phi) is 3.30. The topological polar surface area (TPSA) is 86.3 Å². The van der Waals surface area contributed by atoms with E-state index in [0.717, 1.165) is 24.2 Å². The molecule has 0 spiro atoms. The molecule has 6 heteroatoms. The number of carboxylic acids is 1. The highest BCUT2D eigenvalue weighted by Crippen LogP contribution is 2.26. The predicted molar refractivity (Wildman–Crippen MR) is 70.7 cm³/mol. The van der Waals surface area contributed by atoms with E-state index in [1.165, 1.54) is 4.90 Å². The molecule has 1 aromatic rings. The highest BCUT2D eigenvalue weighted by molar-refractivity contribution is 5.84. The monoisotopic (exact) mass is 275 g/mol. The molecule has 0 saturated carbocycles. The first-order chi connectivity index (χ1) is 9.65. The van der Waals surface area contributed by atoms with Gasteiger partial charge in [-0.05, 0) is 18.8 Å². The summed E-state index contributed by atoms with van der Waals surface area (Å²) in [7, 11) is 0. The number of aromatic nitrogens is 2. The van der Waals surface area contributed by atoms with Gasteiger partial charge in [-0.2, -0.15) is 0 Å². The number of nitrogens with zero attached hydrogens (tertiary/aromatic N) is 2. The smallest absolute Gasteiger partial charge is 0.326 e. The molecule has 0 fully saturated rings. The molecule has 0 radical (unpaired) electrons. The summed E-state index contributed by atoms with van der Waals surface area (Å²) in [5.41, 5.74) is 1.60. The zero-order valence-electron chi connectivity index (χ0n) is 11.1. The Bertz CT molecular complexity index is 564. The molecule has 2 unspecified atom stereocenters. The largest absolute Gasteiger partial charge is 0.480 e. The number of carboxylic acid groups (broad SMARTS) is 1. The van der Waals surface area contributed by atoms with E-state index in [1.807, 2.05) is 0 Å². The lowest BCUT2D eigenvalue weighted by atomic mass is 9.99. The van der Waals surface area contributed by atoms with Gasteiger partial charge in [0.2, 0.25) is 5.91 Å². The molecule has 6 nitrogen and oxygen atoms in total. The Balaban J connectivity index is 1.77. The molecule has 0 bridgehead atoms. The summed E-state index contributed by atoms with van der Waals surface area (Å²) in [5, 5.41) is 9.34. The fourth-order valence-electron chi connectivity index (χ4n) is 2.93. The molecule has 1 aliphatic carbocycles. The van der Waals surface area contributed by atoms with Crippen LogP contribution in [0.2, 0.25) is 0 Å². The quantitative estimate of drug-likeness (QED) is 0.809. The number of hydrogen-bond acceptors (Lipinski definition) is 3. The molecule has 2 heterocycles. The lowest BCUT2D eigenvalue weighted by Gasteiger charge is -2.33. The highest BCUT2D eigenvalue weighted by Gasteiger charge is 2.36. The summed E-state index contributed by atoms with van der Waals surface area (Å²) < 4.78 is 0. The van der Waals surface area contributed by atoms with Crippen LogP contribution in [-0.4, -0.2) is 37.9 Å². The summed E-state index contributed by atoms with van der Waals surface area (Å²) in [6.07, 6.45) is 8.34. The zero-order valence-corrected chi connectivity index (χ0v) is 11.1. The minimum absolute atomic E-state index is 0.0887. The fraction of sp³-hybridized carbons (Fsp3) is 0.500. The van der Waals surface area contributed by atoms with Gasteiger partial charge in [0.25, 0.3) is 0 Å². The van der Waals surface area contributed by atoms with Crippen LogP contribution in [0.3, 0.4) is 0 Å². The summed E-state index contributed by atoms with van der Waals surface area (Å²) in [4.78, 5) is 32.4. The third-order valence-corrected chi connectivity index (χ3v) is 4.05. The summed E-state index contributed by atoms with van der Waals surface area (Å²) in [5.74, 6) is -0.803. The second-order valence-corrected chi connectivity index (χ2v) is 5.38. The van der Waals surface area contributed by atoms with Gasteiger partial charge >= 0.3 is 5.97 Å². The van der Waals surface area contributed by atoms with E-state index in [2.05, 4.69) is 22.1 Å². The average Bonchev–Trinajstić information content (AvgIpc) is 3.06. The first-order valence-corrected chi connectivity index (χ1v) is 6.85. The van der Waals surface area contributed by atoms with Gasteiger partial charge in [-0.1, -0.05) is 12.2 Å². The second-order valence-electron chi connectivity index (χ2n) is 5.38. The van der Waals surface area contributed by atoms with Gasteiger partial charge in [-0.25, -0.2) is 9.78 Å². The lowest BCUT2D eigenvalue weighted by molar-refractivity contribution is -0.151. The van der Waals surface area contributed by atoms with E-state index in [4.69, 9.17) is 0 Å². The van der Waals surface area contributed by atoms with Crippen molar-refractivity contribution in [3.63, 3.8) is 0 Å². The van der Waals surface area contributed by atoms with Crippen LogP contribution in [-0.2, 0) is 22.6 Å². The maximum absolute atomic E-state index is 12.4. The number of allylic oxidation sites excluding steroid dienone is 2. The molecule has 20 heavy (non-hydrogen) atoms. The maximum Gasteiger partial charge on any atom is 0.326 e. The molecule has 0 saturated heterocycles. The van der Waals surface area contributed by atoms with Gasteiger partial charge in [0.15, 0.2) is 0 Å². The first kappa shape index (κ1) is 12.9. The summed E-state index contributed by atoms with van der Waals surface area (Å²) >= 11 is 0. The number of H-pyrrole nitrogens is 1. The maximum atomic E-state index is 12.4. The number of rotatable bonds is 3. The molecule has 2 atom stereocenters. The number of aliphatic carboxylic acids is 1. The SMILES string of the molecule is O=C(O)C1Cc2nc[nH]c2CN1C(=O)CC1C=CCC1. The van der Waals surface area contributed by atoms with Gasteiger partial charge < -0.3 is 15.0 Å². The Hall–Kier alpha value is -2.11. The Morgan fingerprint density at radius 1 is 1.50 bits per heavy atom. The van der Waals surface area contributed by atoms with Crippen LogP contribution in [0.25, 0.3) is 0 Å². The van der Waals surface area contributed by atoms with E-state index in [-0.39, 0.29) is 18.2 Å². The minimum atomic E-state index is -0.964. The van der Waals surface area contributed by atoms with E-state index in [0.29, 0.717) is 13.0 Å². The normalized spacial score (nSPS) is 24.7. The summed E-state index contributed by atoms with van der Waals surface area (Å²) in [6, 6.07) is -0.802. The molecule has 1 aromatic heterocycles. The van der Waals surface area contributed by atoms with Gasteiger partial charge in [0.05, 0.1) is 24.3 Å². The molecule has 1 aliphatic heterocycles. The Morgan fingerprint density at radius 2 is 2.35 bits per heavy atom. The van der Waals surface area contributed by atoms with E-state index < -0.39 is 12.0 Å². The molecule has 2 N–H and O–H groups in total. The molecule has 3 rings (SSSR count). The number of hydrogen-bond donors (Lipinski definition) is 2. The molecule has 1 amide bonds. The van der Waals surface area contributed by atoms with Crippen LogP contribution < -0.4 is 0 Å². The van der Waals surface area contributed by atoms with Crippen LogP contribution in [0.4, 0.5) is 0 Å². The molecular weight excluding hydrogens is 258 g/mol. The van der Waals surface area contributed by atoms with Crippen LogP contribution in [0.5, 0.6) is 0 Å². The van der Waals surface area contributed by atoms with Gasteiger partial charge in [-0.15, -0.1) is 0 Å². The number of amides is 1.